The second-order valence-electron chi connectivity index (χ2n) is 8.81. The summed E-state index contributed by atoms with van der Waals surface area (Å²) >= 11 is 0. The molecule has 1 aromatic carbocycles. The lowest BCUT2D eigenvalue weighted by molar-refractivity contribution is -0.140. The van der Waals surface area contributed by atoms with Gasteiger partial charge in [-0.05, 0) is 80.9 Å². The Labute approximate surface area is 164 Å². The van der Waals surface area contributed by atoms with Crippen molar-refractivity contribution in [2.45, 2.75) is 77.4 Å². The summed E-state index contributed by atoms with van der Waals surface area (Å²) in [5, 5.41) is 0. The van der Waals surface area contributed by atoms with E-state index in [4.69, 9.17) is 5.73 Å². The summed E-state index contributed by atoms with van der Waals surface area (Å²) in [6, 6.07) is 7.45. The zero-order valence-electron chi connectivity index (χ0n) is 16.1. The third-order valence-electron chi connectivity index (χ3n) is 6.96. The van der Waals surface area contributed by atoms with Gasteiger partial charge in [-0.3, -0.25) is 4.79 Å². The summed E-state index contributed by atoms with van der Waals surface area (Å²) in [7, 11) is 0. The number of hydrogen-bond donors (Lipinski definition) is 1. The van der Waals surface area contributed by atoms with Gasteiger partial charge in [0.1, 0.15) is 0 Å². The molecule has 2 atom stereocenters. The van der Waals surface area contributed by atoms with E-state index in [1.807, 2.05) is 0 Å². The van der Waals surface area contributed by atoms with Crippen molar-refractivity contribution in [3.8, 4) is 0 Å². The number of benzene rings is 1. The Morgan fingerprint density at radius 2 is 1.73 bits per heavy atom. The first-order valence-electron chi connectivity index (χ1n) is 10.1. The van der Waals surface area contributed by atoms with E-state index < -0.39 is 0 Å². The molecule has 2 bridgehead atoms. The van der Waals surface area contributed by atoms with Crippen molar-refractivity contribution in [2.75, 3.05) is 0 Å². The molecule has 3 nitrogen and oxygen atoms in total. The predicted molar refractivity (Wildman–Crippen MR) is 108 cm³/mol. The van der Waals surface area contributed by atoms with Gasteiger partial charge in [0.05, 0.1) is 0 Å². The molecule has 2 unspecified atom stereocenters. The number of rotatable bonds is 4. The monoisotopic (exact) mass is 376 g/mol. The average molecular weight is 377 g/mol. The van der Waals surface area contributed by atoms with Crippen molar-refractivity contribution in [3.05, 3.63) is 34.9 Å². The molecule has 4 rings (SSSR count). The Hall–Kier alpha value is -1.06. The Balaban J connectivity index is 0.00000196. The SMILES string of the molecule is Cc1ccc(CN(C(=O)C2CC3CCCC(C2)C3N)C2CC2)cc1C.Cl. The molecule has 0 saturated heterocycles. The molecule has 144 valence electrons. The van der Waals surface area contributed by atoms with Crippen LogP contribution in [0.2, 0.25) is 0 Å². The maximum atomic E-state index is 13.4. The summed E-state index contributed by atoms with van der Waals surface area (Å²) in [4.78, 5) is 15.6. The Morgan fingerprint density at radius 3 is 2.31 bits per heavy atom. The minimum Gasteiger partial charge on any atom is -0.335 e. The third-order valence-corrected chi connectivity index (χ3v) is 6.96. The Bertz CT molecular complexity index is 644. The van der Waals surface area contributed by atoms with Crippen LogP contribution in [-0.4, -0.2) is 22.9 Å². The summed E-state index contributed by atoms with van der Waals surface area (Å²) in [6.45, 7) is 5.08. The van der Waals surface area contributed by atoms with Gasteiger partial charge in [0.25, 0.3) is 0 Å². The maximum absolute atomic E-state index is 13.4. The van der Waals surface area contributed by atoms with Gasteiger partial charge in [0, 0.05) is 24.5 Å². The van der Waals surface area contributed by atoms with E-state index >= 15 is 0 Å². The molecule has 26 heavy (non-hydrogen) atoms. The molecule has 0 spiro atoms. The molecule has 0 heterocycles. The highest BCUT2D eigenvalue weighted by molar-refractivity contribution is 5.85. The van der Waals surface area contributed by atoms with E-state index in [0.717, 1.165) is 19.4 Å². The first kappa shape index (κ1) is 19.7. The second kappa shape index (κ2) is 7.90. The number of fused-ring (bicyclic) bond motifs is 2. The normalized spacial score (nSPS) is 30.4. The van der Waals surface area contributed by atoms with Gasteiger partial charge < -0.3 is 10.6 Å². The molecule has 3 saturated carbocycles. The number of carbonyl (C=O) groups is 1. The number of amides is 1. The van der Waals surface area contributed by atoms with Crippen LogP contribution >= 0.6 is 12.4 Å². The molecule has 1 amide bonds. The van der Waals surface area contributed by atoms with Crippen molar-refractivity contribution in [1.82, 2.24) is 4.90 Å². The van der Waals surface area contributed by atoms with Gasteiger partial charge in [-0.15, -0.1) is 12.4 Å². The highest BCUT2D eigenvalue weighted by Gasteiger charge is 2.43. The molecular formula is C22H33ClN2O. The van der Waals surface area contributed by atoms with Gasteiger partial charge >= 0.3 is 0 Å². The fraction of sp³-hybridized carbons (Fsp3) is 0.682. The minimum absolute atomic E-state index is 0. The van der Waals surface area contributed by atoms with Gasteiger partial charge in [0.15, 0.2) is 0 Å². The first-order chi connectivity index (χ1) is 12.0. The van der Waals surface area contributed by atoms with Crippen LogP contribution < -0.4 is 5.73 Å². The zero-order chi connectivity index (χ0) is 17.6. The van der Waals surface area contributed by atoms with Crippen molar-refractivity contribution in [1.29, 1.82) is 0 Å². The lowest BCUT2D eigenvalue weighted by atomic mass is 9.65. The van der Waals surface area contributed by atoms with Crippen LogP contribution in [0.5, 0.6) is 0 Å². The van der Waals surface area contributed by atoms with E-state index in [1.54, 1.807) is 0 Å². The summed E-state index contributed by atoms with van der Waals surface area (Å²) in [6.07, 6.45) is 8.15. The largest absolute Gasteiger partial charge is 0.335 e. The van der Waals surface area contributed by atoms with E-state index in [9.17, 15) is 4.79 Å². The highest BCUT2D eigenvalue weighted by Crippen LogP contribution is 2.43. The topological polar surface area (TPSA) is 46.3 Å². The number of carbonyl (C=O) groups excluding carboxylic acids is 1. The number of halogens is 1. The lowest BCUT2D eigenvalue weighted by Crippen LogP contribution is -2.50. The fourth-order valence-corrected chi connectivity index (χ4v) is 5.10. The molecule has 3 aliphatic rings. The van der Waals surface area contributed by atoms with Gasteiger partial charge in [-0.1, -0.05) is 24.6 Å². The van der Waals surface area contributed by atoms with E-state index in [1.165, 1.54) is 48.8 Å². The fourth-order valence-electron chi connectivity index (χ4n) is 5.10. The van der Waals surface area contributed by atoms with Crippen LogP contribution in [0.3, 0.4) is 0 Å². The maximum Gasteiger partial charge on any atom is 0.226 e. The minimum atomic E-state index is 0. The molecule has 0 aliphatic heterocycles. The molecule has 3 fully saturated rings. The van der Waals surface area contributed by atoms with E-state index in [-0.39, 0.29) is 18.3 Å². The lowest BCUT2D eigenvalue weighted by Gasteiger charge is -2.44. The van der Waals surface area contributed by atoms with Crippen LogP contribution in [0.1, 0.15) is 61.6 Å². The number of aryl methyl sites for hydroxylation is 2. The number of nitrogens with two attached hydrogens (primary N) is 1. The van der Waals surface area contributed by atoms with Gasteiger partial charge in [0.2, 0.25) is 5.91 Å². The van der Waals surface area contributed by atoms with Gasteiger partial charge in [-0.2, -0.15) is 0 Å². The van der Waals surface area contributed by atoms with Crippen LogP contribution in [0.4, 0.5) is 0 Å². The highest BCUT2D eigenvalue weighted by atomic mass is 35.5. The molecule has 1 aromatic rings. The first-order valence-corrected chi connectivity index (χ1v) is 10.1. The van der Waals surface area contributed by atoms with Crippen LogP contribution in [-0.2, 0) is 11.3 Å². The van der Waals surface area contributed by atoms with Crippen molar-refractivity contribution < 1.29 is 4.79 Å². The molecule has 0 aromatic heterocycles. The Kier molecular flexibility index (Phi) is 5.98. The van der Waals surface area contributed by atoms with Gasteiger partial charge in [-0.25, -0.2) is 0 Å². The average Bonchev–Trinajstić information content (AvgIpc) is 3.40. The quantitative estimate of drug-likeness (QED) is 0.848. The smallest absolute Gasteiger partial charge is 0.226 e. The summed E-state index contributed by atoms with van der Waals surface area (Å²) in [5.74, 6) is 1.76. The zero-order valence-corrected chi connectivity index (χ0v) is 16.9. The van der Waals surface area contributed by atoms with Crippen LogP contribution in [0.25, 0.3) is 0 Å². The van der Waals surface area contributed by atoms with Crippen LogP contribution in [0.15, 0.2) is 18.2 Å². The summed E-state index contributed by atoms with van der Waals surface area (Å²) in [5.41, 5.74) is 10.3. The molecule has 0 radical (unpaired) electrons. The van der Waals surface area contributed by atoms with E-state index in [0.29, 0.717) is 29.8 Å². The van der Waals surface area contributed by atoms with Crippen LogP contribution in [0, 0.1) is 31.6 Å². The second-order valence-corrected chi connectivity index (χ2v) is 8.81. The standard InChI is InChI=1S/C22H32N2O.ClH/c1-14-6-7-16(10-15(14)2)13-24(20-8-9-20)22(25)19-11-17-4-3-5-18(12-19)21(17)23;/h6-7,10,17-21H,3-5,8-9,11-13,23H2,1-2H3;1H. The predicted octanol–water partition coefficient (Wildman–Crippen LogP) is 4.37. The summed E-state index contributed by atoms with van der Waals surface area (Å²) < 4.78 is 0. The molecular weight excluding hydrogens is 344 g/mol. The van der Waals surface area contributed by atoms with E-state index in [2.05, 4.69) is 36.9 Å². The molecule has 4 heteroatoms. The van der Waals surface area contributed by atoms with Crippen molar-refractivity contribution in [2.24, 2.45) is 23.5 Å². The number of hydrogen-bond acceptors (Lipinski definition) is 2. The Morgan fingerprint density at radius 1 is 1.08 bits per heavy atom. The molecule has 3 aliphatic carbocycles. The molecule has 2 N–H and O–H groups in total. The van der Waals surface area contributed by atoms with Crippen molar-refractivity contribution in [3.63, 3.8) is 0 Å². The third kappa shape index (κ3) is 3.94. The number of nitrogens with zero attached hydrogens (tertiary/aromatic N) is 1. The van der Waals surface area contributed by atoms with Crippen molar-refractivity contribution >= 4 is 18.3 Å².